The highest BCUT2D eigenvalue weighted by molar-refractivity contribution is 5.90. The van der Waals surface area contributed by atoms with E-state index >= 15 is 0 Å². The molecule has 0 unspecified atom stereocenters. The number of amides is 1. The van der Waals surface area contributed by atoms with E-state index in [0.717, 1.165) is 10.4 Å². The van der Waals surface area contributed by atoms with E-state index < -0.39 is 35.4 Å². The second-order valence-corrected chi connectivity index (χ2v) is 5.55. The third-order valence-corrected chi connectivity index (χ3v) is 3.67. The molecule has 0 saturated carbocycles. The van der Waals surface area contributed by atoms with E-state index in [-0.39, 0.29) is 24.2 Å². The first-order valence-electron chi connectivity index (χ1n) is 7.47. The zero-order valence-electron chi connectivity index (χ0n) is 13.5. The molecule has 10 heteroatoms. The third-order valence-electron chi connectivity index (χ3n) is 3.67. The molecule has 1 amide bonds. The smallest absolute Gasteiger partial charge is 0.246 e. The fraction of sp³-hybridized carbons (Fsp3) is 0.188. The Kier molecular flexibility index (Phi) is 4.74. The van der Waals surface area contributed by atoms with Crippen LogP contribution in [0.5, 0.6) is 0 Å². The quantitative estimate of drug-likeness (QED) is 0.428. The molecule has 1 N–H and O–H groups in total. The molecule has 0 atom stereocenters. The second-order valence-electron chi connectivity index (χ2n) is 5.55. The second kappa shape index (κ2) is 6.98. The molecule has 0 aliphatic rings. The van der Waals surface area contributed by atoms with Gasteiger partial charge in [-0.15, -0.1) is 0 Å². The van der Waals surface area contributed by atoms with Gasteiger partial charge in [0.15, 0.2) is 17.5 Å². The van der Waals surface area contributed by atoms with E-state index in [2.05, 4.69) is 15.5 Å². The van der Waals surface area contributed by atoms with Crippen LogP contribution in [0.2, 0.25) is 0 Å². The molecule has 0 bridgehead atoms. The van der Waals surface area contributed by atoms with Crippen molar-refractivity contribution >= 4 is 11.6 Å². The summed E-state index contributed by atoms with van der Waals surface area (Å²) >= 11 is 0. The zero-order valence-corrected chi connectivity index (χ0v) is 13.5. The van der Waals surface area contributed by atoms with Crippen molar-refractivity contribution in [3.05, 3.63) is 65.2 Å². The summed E-state index contributed by atoms with van der Waals surface area (Å²) in [5, 5.41) is 10.4. The van der Waals surface area contributed by atoms with Crippen LogP contribution in [0.1, 0.15) is 11.3 Å². The van der Waals surface area contributed by atoms with Gasteiger partial charge in [0, 0.05) is 29.7 Å². The maximum absolute atomic E-state index is 13.7. The summed E-state index contributed by atoms with van der Waals surface area (Å²) < 4.78 is 56.2. The Bertz CT molecular complexity index is 966. The minimum Gasteiger partial charge on any atom is -0.322 e. The SMILES string of the molecule is Cc1ccnn1CC(=O)Nc1cnn(Cc2c(F)cc(F)c(F)c2F)c1. The topological polar surface area (TPSA) is 64.7 Å². The Balaban J connectivity index is 1.70. The molecule has 1 aromatic carbocycles. The van der Waals surface area contributed by atoms with E-state index in [1.165, 1.54) is 17.1 Å². The highest BCUT2D eigenvalue weighted by Gasteiger charge is 2.19. The van der Waals surface area contributed by atoms with Crippen LogP contribution in [-0.2, 0) is 17.9 Å². The molecule has 6 nitrogen and oxygen atoms in total. The van der Waals surface area contributed by atoms with E-state index in [1.54, 1.807) is 19.2 Å². The van der Waals surface area contributed by atoms with Gasteiger partial charge in [0.05, 0.1) is 18.4 Å². The van der Waals surface area contributed by atoms with Crippen molar-refractivity contribution in [3.63, 3.8) is 0 Å². The van der Waals surface area contributed by atoms with Crippen molar-refractivity contribution in [1.82, 2.24) is 19.6 Å². The van der Waals surface area contributed by atoms with Gasteiger partial charge in [0.1, 0.15) is 12.4 Å². The molecule has 3 rings (SSSR count). The Morgan fingerprint density at radius 3 is 2.62 bits per heavy atom. The average molecular weight is 367 g/mol. The number of aromatic nitrogens is 4. The molecule has 2 heterocycles. The number of carbonyl (C=O) groups is 1. The van der Waals surface area contributed by atoms with E-state index in [4.69, 9.17) is 0 Å². The van der Waals surface area contributed by atoms with Crippen LogP contribution in [0.15, 0.2) is 30.7 Å². The van der Waals surface area contributed by atoms with Gasteiger partial charge in [-0.25, -0.2) is 17.6 Å². The number of carbonyl (C=O) groups excluding carboxylic acids is 1. The van der Waals surface area contributed by atoms with E-state index in [0.29, 0.717) is 0 Å². The van der Waals surface area contributed by atoms with Gasteiger partial charge in [-0.1, -0.05) is 0 Å². The number of rotatable bonds is 5. The standard InChI is InChI=1S/C16H13F4N5O/c1-9-2-3-21-25(9)8-14(26)23-10-5-22-24(6-10)7-11-12(17)4-13(18)16(20)15(11)19/h2-6H,7-8H2,1H3,(H,23,26). The van der Waals surface area contributed by atoms with Crippen molar-refractivity contribution in [2.75, 3.05) is 5.32 Å². The lowest BCUT2D eigenvalue weighted by molar-refractivity contribution is -0.116. The molecule has 0 fully saturated rings. The lowest BCUT2D eigenvalue weighted by Crippen LogP contribution is -2.19. The van der Waals surface area contributed by atoms with E-state index in [1.807, 2.05) is 0 Å². The van der Waals surface area contributed by atoms with Crippen molar-refractivity contribution in [2.45, 2.75) is 20.0 Å². The monoisotopic (exact) mass is 367 g/mol. The molecule has 0 aliphatic heterocycles. The predicted molar refractivity (Wildman–Crippen MR) is 83.2 cm³/mol. The molecule has 0 saturated heterocycles. The lowest BCUT2D eigenvalue weighted by atomic mass is 10.2. The van der Waals surface area contributed by atoms with Crippen LogP contribution in [0.25, 0.3) is 0 Å². The number of anilines is 1. The molecule has 2 aromatic heterocycles. The predicted octanol–water partition coefficient (Wildman–Crippen LogP) is 2.63. The maximum atomic E-state index is 13.7. The van der Waals surface area contributed by atoms with Crippen LogP contribution in [0.4, 0.5) is 23.2 Å². The summed E-state index contributed by atoms with van der Waals surface area (Å²) in [4.78, 5) is 12.0. The normalized spacial score (nSPS) is 11.0. The van der Waals surface area contributed by atoms with Gasteiger partial charge >= 0.3 is 0 Å². The highest BCUT2D eigenvalue weighted by Crippen LogP contribution is 2.20. The Morgan fingerprint density at radius 1 is 1.15 bits per heavy atom. The number of aryl methyl sites for hydroxylation is 1. The fourth-order valence-corrected chi connectivity index (χ4v) is 2.33. The zero-order chi connectivity index (χ0) is 18.8. The first-order valence-corrected chi connectivity index (χ1v) is 7.47. The fourth-order valence-electron chi connectivity index (χ4n) is 2.33. The van der Waals surface area contributed by atoms with Gasteiger partial charge in [-0.3, -0.25) is 14.2 Å². The number of nitrogens with one attached hydrogen (secondary N) is 1. The molecule has 0 aliphatic carbocycles. The molecule has 26 heavy (non-hydrogen) atoms. The molecule has 3 aromatic rings. The summed E-state index contributed by atoms with van der Waals surface area (Å²) in [6.07, 6.45) is 4.14. The molecule has 0 spiro atoms. The molecule has 0 radical (unpaired) electrons. The van der Waals surface area contributed by atoms with Crippen LogP contribution in [-0.4, -0.2) is 25.5 Å². The number of halogens is 4. The van der Waals surface area contributed by atoms with Gasteiger partial charge in [0.25, 0.3) is 0 Å². The van der Waals surface area contributed by atoms with Gasteiger partial charge < -0.3 is 5.32 Å². The van der Waals surface area contributed by atoms with Gasteiger partial charge in [-0.2, -0.15) is 10.2 Å². The van der Waals surface area contributed by atoms with Crippen LogP contribution in [0.3, 0.4) is 0 Å². The number of benzene rings is 1. The Labute approximate surface area is 145 Å². The molecular weight excluding hydrogens is 354 g/mol. The summed E-state index contributed by atoms with van der Waals surface area (Å²) in [7, 11) is 0. The lowest BCUT2D eigenvalue weighted by Gasteiger charge is -2.07. The van der Waals surface area contributed by atoms with Crippen molar-refractivity contribution in [3.8, 4) is 0 Å². The summed E-state index contributed by atoms with van der Waals surface area (Å²) in [5.41, 5.74) is 0.417. The summed E-state index contributed by atoms with van der Waals surface area (Å²) in [5.74, 6) is -6.57. The molecule has 136 valence electrons. The average Bonchev–Trinajstić information content (AvgIpc) is 3.19. The first kappa shape index (κ1) is 17.6. The van der Waals surface area contributed by atoms with Gasteiger partial charge in [-0.05, 0) is 13.0 Å². The largest absolute Gasteiger partial charge is 0.322 e. The molecular formula is C16H13F4N5O. The van der Waals surface area contributed by atoms with E-state index in [9.17, 15) is 22.4 Å². The van der Waals surface area contributed by atoms with Crippen LogP contribution >= 0.6 is 0 Å². The highest BCUT2D eigenvalue weighted by atomic mass is 19.2. The summed E-state index contributed by atoms with van der Waals surface area (Å²) in [6, 6.07) is 2.02. The third kappa shape index (κ3) is 3.58. The minimum atomic E-state index is -1.75. The minimum absolute atomic E-state index is 0.0174. The first-order chi connectivity index (χ1) is 12.3. The van der Waals surface area contributed by atoms with Crippen molar-refractivity contribution in [2.24, 2.45) is 0 Å². The van der Waals surface area contributed by atoms with Crippen molar-refractivity contribution < 1.29 is 22.4 Å². The van der Waals surface area contributed by atoms with Crippen LogP contribution in [0, 0.1) is 30.2 Å². The number of hydrogen-bond donors (Lipinski definition) is 1. The van der Waals surface area contributed by atoms with Crippen molar-refractivity contribution in [1.29, 1.82) is 0 Å². The number of hydrogen-bond acceptors (Lipinski definition) is 3. The van der Waals surface area contributed by atoms with Gasteiger partial charge in [0.2, 0.25) is 5.91 Å². The Hall–Kier alpha value is -3.17. The summed E-state index contributed by atoms with van der Waals surface area (Å²) in [6.45, 7) is 1.31. The Morgan fingerprint density at radius 2 is 1.92 bits per heavy atom. The maximum Gasteiger partial charge on any atom is 0.246 e. The number of nitrogens with zero attached hydrogens (tertiary/aromatic N) is 4. The van der Waals surface area contributed by atoms with Crippen LogP contribution < -0.4 is 5.32 Å².